The third kappa shape index (κ3) is 4.98. The van der Waals surface area contributed by atoms with Crippen LogP contribution in [0.25, 0.3) is 10.6 Å². The highest BCUT2D eigenvalue weighted by Crippen LogP contribution is 2.29. The quantitative estimate of drug-likeness (QED) is 0.653. The number of aliphatic imine (C=N–C) groups is 1. The van der Waals surface area contributed by atoms with E-state index in [1.807, 2.05) is 24.9 Å². The predicted octanol–water partition coefficient (Wildman–Crippen LogP) is 3.76. The Hall–Kier alpha value is -1.53. The average Bonchev–Trinajstić information content (AvgIpc) is 3.07. The van der Waals surface area contributed by atoms with Gasteiger partial charge in [-0.1, -0.05) is 30.3 Å². The zero-order valence-electron chi connectivity index (χ0n) is 15.2. The smallest absolute Gasteiger partial charge is 0.193 e. The average molecular weight is 375 g/mol. The Balaban J connectivity index is 1.53. The largest absolute Gasteiger partial charge is 0.356 e. The number of thiazole rings is 1. The van der Waals surface area contributed by atoms with Crippen LogP contribution in [-0.2, 0) is 6.42 Å². The van der Waals surface area contributed by atoms with Crippen molar-refractivity contribution >= 4 is 29.1 Å². The molecule has 0 unspecified atom stereocenters. The van der Waals surface area contributed by atoms with Gasteiger partial charge in [0.2, 0.25) is 0 Å². The number of aromatic nitrogens is 1. The number of nitrogens with zero attached hydrogens (tertiary/aromatic N) is 3. The molecule has 1 saturated heterocycles. The van der Waals surface area contributed by atoms with Crippen molar-refractivity contribution in [1.29, 1.82) is 0 Å². The van der Waals surface area contributed by atoms with Crippen LogP contribution in [0, 0.1) is 0 Å². The first-order valence-electron chi connectivity index (χ1n) is 8.67. The fourth-order valence-electron chi connectivity index (χ4n) is 2.97. The normalized spacial score (nSPS) is 17.6. The van der Waals surface area contributed by atoms with E-state index in [1.54, 1.807) is 11.3 Å². The Morgan fingerprint density at radius 2 is 2.12 bits per heavy atom. The van der Waals surface area contributed by atoms with E-state index in [-0.39, 0.29) is 4.75 Å². The first-order valence-corrected chi connectivity index (χ1v) is 10.5. The topological polar surface area (TPSA) is 40.5 Å². The summed E-state index contributed by atoms with van der Waals surface area (Å²) < 4.78 is 0.287. The Morgan fingerprint density at radius 3 is 2.84 bits per heavy atom. The molecule has 0 amide bonds. The van der Waals surface area contributed by atoms with E-state index in [0.29, 0.717) is 0 Å². The molecule has 3 rings (SSSR count). The van der Waals surface area contributed by atoms with Crippen LogP contribution in [0.1, 0.15) is 19.5 Å². The molecule has 25 heavy (non-hydrogen) atoms. The molecule has 134 valence electrons. The fraction of sp³-hybridized carbons (Fsp3) is 0.474. The molecule has 0 bridgehead atoms. The zero-order chi connectivity index (χ0) is 17.7. The van der Waals surface area contributed by atoms with Gasteiger partial charge in [-0.25, -0.2) is 4.98 Å². The van der Waals surface area contributed by atoms with Crippen molar-refractivity contribution in [3.63, 3.8) is 0 Å². The van der Waals surface area contributed by atoms with Gasteiger partial charge in [0.15, 0.2) is 5.96 Å². The molecule has 0 aliphatic carbocycles. The second-order valence-electron chi connectivity index (χ2n) is 6.76. The lowest BCUT2D eigenvalue weighted by atomic mass is 10.2. The van der Waals surface area contributed by atoms with Crippen LogP contribution in [0.5, 0.6) is 0 Å². The summed E-state index contributed by atoms with van der Waals surface area (Å²) in [5, 5.41) is 6.76. The second-order valence-corrected chi connectivity index (χ2v) is 9.42. The molecule has 6 heteroatoms. The third-order valence-electron chi connectivity index (χ3n) is 4.17. The number of hydrogen-bond acceptors (Lipinski definition) is 4. The van der Waals surface area contributed by atoms with E-state index in [9.17, 15) is 0 Å². The van der Waals surface area contributed by atoms with E-state index in [1.165, 1.54) is 5.56 Å². The van der Waals surface area contributed by atoms with Crippen molar-refractivity contribution in [3.8, 4) is 10.6 Å². The van der Waals surface area contributed by atoms with Gasteiger partial charge in [-0.2, -0.15) is 11.8 Å². The maximum absolute atomic E-state index is 4.76. The third-order valence-corrected chi connectivity index (χ3v) is 6.41. The van der Waals surface area contributed by atoms with Gasteiger partial charge in [0.1, 0.15) is 5.01 Å². The Kier molecular flexibility index (Phi) is 6.02. The Morgan fingerprint density at radius 1 is 1.32 bits per heavy atom. The second kappa shape index (κ2) is 8.23. The van der Waals surface area contributed by atoms with Gasteiger partial charge in [0.05, 0.1) is 5.69 Å². The number of guanidine groups is 1. The van der Waals surface area contributed by atoms with Crippen LogP contribution in [0.3, 0.4) is 0 Å². The van der Waals surface area contributed by atoms with E-state index < -0.39 is 0 Å². The Labute approximate surface area is 158 Å². The molecule has 0 atom stereocenters. The minimum Gasteiger partial charge on any atom is -0.356 e. The summed E-state index contributed by atoms with van der Waals surface area (Å²) >= 11 is 3.75. The van der Waals surface area contributed by atoms with Gasteiger partial charge in [0, 0.05) is 54.5 Å². The zero-order valence-corrected chi connectivity index (χ0v) is 16.8. The van der Waals surface area contributed by atoms with Crippen LogP contribution in [0.2, 0.25) is 0 Å². The number of thioether (sulfide) groups is 1. The van der Waals surface area contributed by atoms with Crippen molar-refractivity contribution in [2.75, 3.05) is 32.4 Å². The number of rotatable bonds is 4. The highest BCUT2D eigenvalue weighted by molar-refractivity contribution is 8.00. The first-order chi connectivity index (χ1) is 12.1. The summed E-state index contributed by atoms with van der Waals surface area (Å²) in [7, 11) is 1.87. The van der Waals surface area contributed by atoms with Crippen molar-refractivity contribution in [2.24, 2.45) is 4.99 Å². The first kappa shape index (κ1) is 18.3. The van der Waals surface area contributed by atoms with E-state index in [2.05, 4.69) is 58.7 Å². The number of hydrogen-bond donors (Lipinski definition) is 1. The monoisotopic (exact) mass is 374 g/mol. The fourth-order valence-corrected chi connectivity index (χ4v) is 4.94. The summed E-state index contributed by atoms with van der Waals surface area (Å²) in [6.07, 6.45) is 0.911. The van der Waals surface area contributed by atoms with Gasteiger partial charge >= 0.3 is 0 Å². The highest BCUT2D eigenvalue weighted by Gasteiger charge is 2.28. The van der Waals surface area contributed by atoms with Crippen LogP contribution in [0.4, 0.5) is 0 Å². The van der Waals surface area contributed by atoms with Crippen LogP contribution < -0.4 is 5.32 Å². The summed E-state index contributed by atoms with van der Waals surface area (Å²) in [6.45, 7) is 7.55. The maximum Gasteiger partial charge on any atom is 0.193 e. The maximum atomic E-state index is 4.76. The molecule has 1 aliphatic heterocycles. The Bertz CT molecular complexity index is 709. The van der Waals surface area contributed by atoms with Crippen LogP contribution >= 0.6 is 23.1 Å². The molecule has 1 aromatic heterocycles. The summed E-state index contributed by atoms with van der Waals surface area (Å²) in [6, 6.07) is 10.4. The lowest BCUT2D eigenvalue weighted by Crippen LogP contribution is -2.51. The molecule has 1 aliphatic rings. The van der Waals surface area contributed by atoms with Crippen LogP contribution in [0.15, 0.2) is 40.7 Å². The predicted molar refractivity (Wildman–Crippen MR) is 111 cm³/mol. The highest BCUT2D eigenvalue weighted by atomic mass is 32.2. The van der Waals surface area contributed by atoms with Gasteiger partial charge in [-0.3, -0.25) is 4.99 Å². The SMILES string of the molecule is CN=C(NCCc1csc(-c2ccccc2)n1)N1CCSC(C)(C)C1. The van der Waals surface area contributed by atoms with Gasteiger partial charge < -0.3 is 10.2 Å². The number of nitrogens with one attached hydrogen (secondary N) is 1. The van der Waals surface area contributed by atoms with E-state index in [4.69, 9.17) is 4.98 Å². The molecule has 0 saturated carbocycles. The summed E-state index contributed by atoms with van der Waals surface area (Å²) in [4.78, 5) is 11.6. The summed E-state index contributed by atoms with van der Waals surface area (Å²) in [5.74, 6) is 2.16. The van der Waals surface area contributed by atoms with Crippen molar-refractivity contribution in [2.45, 2.75) is 25.0 Å². The van der Waals surface area contributed by atoms with E-state index >= 15 is 0 Å². The minimum absolute atomic E-state index is 0.287. The van der Waals surface area contributed by atoms with Crippen molar-refractivity contribution in [3.05, 3.63) is 41.4 Å². The standard InChI is InChI=1S/C19H26N4S2/c1-19(2)14-23(11-12-25-19)18(20-3)21-10-9-16-13-24-17(22-16)15-7-5-4-6-8-15/h4-8,13H,9-12,14H2,1-3H3,(H,20,21). The lowest BCUT2D eigenvalue weighted by Gasteiger charge is -2.39. The molecule has 2 aromatic rings. The molecule has 0 spiro atoms. The molecule has 1 N–H and O–H groups in total. The number of benzene rings is 1. The van der Waals surface area contributed by atoms with Gasteiger partial charge in [0.25, 0.3) is 0 Å². The van der Waals surface area contributed by atoms with E-state index in [0.717, 1.165) is 48.5 Å². The molecular weight excluding hydrogens is 348 g/mol. The molecule has 2 heterocycles. The van der Waals surface area contributed by atoms with Crippen LogP contribution in [-0.4, -0.2) is 53.0 Å². The van der Waals surface area contributed by atoms with Gasteiger partial charge in [-0.05, 0) is 13.8 Å². The molecule has 1 aromatic carbocycles. The molecule has 1 fully saturated rings. The molecule has 0 radical (unpaired) electrons. The minimum atomic E-state index is 0.287. The molecular formula is C19H26N4S2. The lowest BCUT2D eigenvalue weighted by molar-refractivity contribution is 0.376. The summed E-state index contributed by atoms with van der Waals surface area (Å²) in [5.41, 5.74) is 2.33. The van der Waals surface area contributed by atoms with Crippen molar-refractivity contribution in [1.82, 2.24) is 15.2 Å². The van der Waals surface area contributed by atoms with Crippen molar-refractivity contribution < 1.29 is 0 Å². The van der Waals surface area contributed by atoms with Gasteiger partial charge in [-0.15, -0.1) is 11.3 Å². The molecule has 4 nitrogen and oxygen atoms in total.